The molecule has 3 unspecified atom stereocenters. The first-order valence-electron chi connectivity index (χ1n) is 7.93. The van der Waals surface area contributed by atoms with Crippen LogP contribution in [0.25, 0.3) is 0 Å². The molecule has 106 valence electrons. The van der Waals surface area contributed by atoms with Crippen molar-refractivity contribution in [3.63, 3.8) is 0 Å². The van der Waals surface area contributed by atoms with Crippen molar-refractivity contribution < 1.29 is 5.11 Å². The summed E-state index contributed by atoms with van der Waals surface area (Å²) < 4.78 is 0. The van der Waals surface area contributed by atoms with Crippen LogP contribution in [0.1, 0.15) is 70.3 Å². The predicted octanol–water partition coefficient (Wildman–Crippen LogP) is 4.90. The zero-order chi connectivity index (χ0) is 13.7. The van der Waals surface area contributed by atoms with Gasteiger partial charge in [0.15, 0.2) is 0 Å². The summed E-state index contributed by atoms with van der Waals surface area (Å²) in [5.74, 6) is 0.959. The highest BCUT2D eigenvalue weighted by Gasteiger charge is 2.40. The fourth-order valence-electron chi connectivity index (χ4n) is 3.83. The number of hydrogen-bond donors (Lipinski definition) is 1. The lowest BCUT2D eigenvalue weighted by Gasteiger charge is -2.42. The summed E-state index contributed by atoms with van der Waals surface area (Å²) in [4.78, 5) is 0. The SMILES string of the molecule is CCCC(C)CC1(O)CCCCC1c1ccccc1. The average Bonchev–Trinajstić information content (AvgIpc) is 2.40. The molecule has 0 bridgehead atoms. The number of rotatable bonds is 5. The molecule has 1 N–H and O–H groups in total. The molecule has 0 spiro atoms. The van der Waals surface area contributed by atoms with E-state index in [4.69, 9.17) is 0 Å². The lowest BCUT2D eigenvalue weighted by molar-refractivity contribution is -0.0363. The first-order chi connectivity index (χ1) is 9.15. The van der Waals surface area contributed by atoms with Gasteiger partial charge in [-0.2, -0.15) is 0 Å². The topological polar surface area (TPSA) is 20.2 Å². The van der Waals surface area contributed by atoms with Gasteiger partial charge in [-0.3, -0.25) is 0 Å². The van der Waals surface area contributed by atoms with E-state index < -0.39 is 5.60 Å². The molecule has 19 heavy (non-hydrogen) atoms. The summed E-state index contributed by atoms with van der Waals surface area (Å²) in [6.45, 7) is 4.52. The molecule has 0 radical (unpaired) electrons. The first-order valence-corrected chi connectivity index (χ1v) is 7.93. The molecule has 1 saturated carbocycles. The molecule has 1 aliphatic rings. The molecule has 1 fully saturated rings. The fraction of sp³-hybridized carbons (Fsp3) is 0.667. The summed E-state index contributed by atoms with van der Waals surface area (Å²) in [5, 5.41) is 11.2. The van der Waals surface area contributed by atoms with Crippen LogP contribution in [0.2, 0.25) is 0 Å². The molecule has 1 nitrogen and oxygen atoms in total. The van der Waals surface area contributed by atoms with Gasteiger partial charge < -0.3 is 5.11 Å². The summed E-state index contributed by atoms with van der Waals surface area (Å²) in [5.41, 5.74) is 0.849. The Labute approximate surface area is 118 Å². The normalized spacial score (nSPS) is 29.1. The molecule has 1 heteroatoms. The number of hydrogen-bond acceptors (Lipinski definition) is 1. The molecule has 3 atom stereocenters. The minimum Gasteiger partial charge on any atom is -0.389 e. The fourth-order valence-corrected chi connectivity index (χ4v) is 3.83. The average molecular weight is 260 g/mol. The van der Waals surface area contributed by atoms with Crippen LogP contribution in [0.4, 0.5) is 0 Å². The van der Waals surface area contributed by atoms with Crippen LogP contribution in [0.3, 0.4) is 0 Å². The van der Waals surface area contributed by atoms with E-state index >= 15 is 0 Å². The van der Waals surface area contributed by atoms with Crippen molar-refractivity contribution >= 4 is 0 Å². The smallest absolute Gasteiger partial charge is 0.0718 e. The Kier molecular flexibility index (Phi) is 5.04. The van der Waals surface area contributed by atoms with E-state index in [0.29, 0.717) is 11.8 Å². The van der Waals surface area contributed by atoms with Crippen LogP contribution < -0.4 is 0 Å². The Bertz CT molecular complexity index is 373. The minimum atomic E-state index is -0.478. The van der Waals surface area contributed by atoms with Gasteiger partial charge in [-0.1, -0.05) is 69.9 Å². The Morgan fingerprint density at radius 1 is 1.26 bits per heavy atom. The van der Waals surface area contributed by atoms with Crippen molar-refractivity contribution in [2.24, 2.45) is 5.92 Å². The van der Waals surface area contributed by atoms with Crippen molar-refractivity contribution in [2.75, 3.05) is 0 Å². The third-order valence-corrected chi connectivity index (χ3v) is 4.69. The van der Waals surface area contributed by atoms with Crippen LogP contribution in [-0.4, -0.2) is 10.7 Å². The van der Waals surface area contributed by atoms with Crippen LogP contribution in [-0.2, 0) is 0 Å². The Morgan fingerprint density at radius 3 is 2.68 bits per heavy atom. The van der Waals surface area contributed by atoms with E-state index in [1.165, 1.54) is 31.2 Å². The maximum Gasteiger partial charge on any atom is 0.0718 e. The van der Waals surface area contributed by atoms with Crippen LogP contribution in [0, 0.1) is 5.92 Å². The zero-order valence-electron chi connectivity index (χ0n) is 12.4. The van der Waals surface area contributed by atoms with Crippen molar-refractivity contribution in [2.45, 2.75) is 70.3 Å². The molecule has 0 aliphatic heterocycles. The van der Waals surface area contributed by atoms with Gasteiger partial charge in [0.05, 0.1) is 5.60 Å². The quantitative estimate of drug-likeness (QED) is 0.798. The van der Waals surface area contributed by atoms with Gasteiger partial charge in [0.1, 0.15) is 0 Å². The van der Waals surface area contributed by atoms with Gasteiger partial charge in [0.25, 0.3) is 0 Å². The summed E-state index contributed by atoms with van der Waals surface area (Å²) in [7, 11) is 0. The van der Waals surface area contributed by atoms with E-state index in [1.54, 1.807) is 0 Å². The summed E-state index contributed by atoms with van der Waals surface area (Å²) >= 11 is 0. The molecule has 1 aromatic rings. The second-order valence-corrected chi connectivity index (χ2v) is 6.41. The monoisotopic (exact) mass is 260 g/mol. The standard InChI is InChI=1S/C18H28O/c1-3-9-15(2)14-18(19)13-8-7-12-17(18)16-10-5-4-6-11-16/h4-6,10-11,15,17,19H,3,7-9,12-14H2,1-2H3. The lowest BCUT2D eigenvalue weighted by atomic mass is 9.68. The van der Waals surface area contributed by atoms with Gasteiger partial charge in [-0.25, -0.2) is 0 Å². The Morgan fingerprint density at radius 2 is 2.00 bits per heavy atom. The highest BCUT2D eigenvalue weighted by molar-refractivity contribution is 5.23. The van der Waals surface area contributed by atoms with Crippen molar-refractivity contribution in [3.05, 3.63) is 35.9 Å². The van der Waals surface area contributed by atoms with E-state index in [0.717, 1.165) is 19.3 Å². The van der Waals surface area contributed by atoms with Crippen molar-refractivity contribution in [1.82, 2.24) is 0 Å². The van der Waals surface area contributed by atoms with Gasteiger partial charge in [0.2, 0.25) is 0 Å². The third kappa shape index (κ3) is 3.60. The molecular weight excluding hydrogens is 232 g/mol. The highest BCUT2D eigenvalue weighted by atomic mass is 16.3. The number of benzene rings is 1. The van der Waals surface area contributed by atoms with E-state index in [2.05, 4.69) is 44.2 Å². The van der Waals surface area contributed by atoms with Gasteiger partial charge in [0, 0.05) is 5.92 Å². The minimum absolute atomic E-state index is 0.335. The second-order valence-electron chi connectivity index (χ2n) is 6.41. The maximum atomic E-state index is 11.2. The molecule has 0 saturated heterocycles. The van der Waals surface area contributed by atoms with Gasteiger partial charge in [-0.15, -0.1) is 0 Å². The molecule has 0 amide bonds. The van der Waals surface area contributed by atoms with Crippen LogP contribution in [0.5, 0.6) is 0 Å². The first kappa shape index (κ1) is 14.6. The second kappa shape index (κ2) is 6.56. The van der Waals surface area contributed by atoms with Crippen molar-refractivity contribution in [3.8, 4) is 0 Å². The van der Waals surface area contributed by atoms with E-state index in [1.807, 2.05) is 0 Å². The molecule has 0 heterocycles. The zero-order valence-corrected chi connectivity index (χ0v) is 12.4. The van der Waals surface area contributed by atoms with Gasteiger partial charge >= 0.3 is 0 Å². The molecule has 2 rings (SSSR count). The van der Waals surface area contributed by atoms with Crippen LogP contribution in [0.15, 0.2) is 30.3 Å². The number of aliphatic hydroxyl groups is 1. The van der Waals surface area contributed by atoms with Crippen molar-refractivity contribution in [1.29, 1.82) is 0 Å². The summed E-state index contributed by atoms with van der Waals surface area (Å²) in [6, 6.07) is 10.6. The Hall–Kier alpha value is -0.820. The molecule has 0 aromatic heterocycles. The Balaban J connectivity index is 2.15. The molecule has 1 aliphatic carbocycles. The third-order valence-electron chi connectivity index (χ3n) is 4.69. The van der Waals surface area contributed by atoms with Gasteiger partial charge in [-0.05, 0) is 30.7 Å². The lowest BCUT2D eigenvalue weighted by Crippen LogP contribution is -2.40. The largest absolute Gasteiger partial charge is 0.389 e. The molecular formula is C18H28O. The summed E-state index contributed by atoms with van der Waals surface area (Å²) in [6.07, 6.45) is 7.94. The molecule has 1 aromatic carbocycles. The van der Waals surface area contributed by atoms with Crippen LogP contribution >= 0.6 is 0 Å². The van der Waals surface area contributed by atoms with E-state index in [9.17, 15) is 5.11 Å². The van der Waals surface area contributed by atoms with E-state index in [-0.39, 0.29) is 0 Å². The highest BCUT2D eigenvalue weighted by Crippen LogP contribution is 2.44. The maximum absolute atomic E-state index is 11.2. The predicted molar refractivity (Wildman–Crippen MR) is 81.3 cm³/mol.